The molecule has 3 heterocycles. The number of benzene rings is 1. The third-order valence-corrected chi connectivity index (χ3v) is 4.10. The van der Waals surface area contributed by atoms with Crippen molar-refractivity contribution in [2.45, 2.75) is 18.9 Å². The van der Waals surface area contributed by atoms with E-state index in [1.807, 2.05) is 24.3 Å². The van der Waals surface area contributed by atoms with Gasteiger partial charge in [0.15, 0.2) is 18.9 Å². The van der Waals surface area contributed by atoms with E-state index in [0.717, 1.165) is 43.5 Å². The number of nitrogens with one attached hydrogen (secondary N) is 4. The summed E-state index contributed by atoms with van der Waals surface area (Å²) in [6, 6.07) is 8.23. The first-order valence-electron chi connectivity index (χ1n) is 7.79. The zero-order valence-electron chi connectivity index (χ0n) is 12.4. The van der Waals surface area contributed by atoms with Gasteiger partial charge in [-0.25, -0.2) is 10.3 Å². The lowest BCUT2D eigenvalue weighted by molar-refractivity contribution is -0.982. The summed E-state index contributed by atoms with van der Waals surface area (Å²) in [6.45, 7) is 3.66. The standard InChI is InChI=1S/C15H19N5O2/c1-2-6-13-12(5-1)18-15(22-13)19-14-16-9-20(10-17-14)8-11-4-3-7-21-11/h1-2,5-6,11H,3-4,7-10H2,(H2,16,17,18,19)/p+2/t11-/m0/s1. The number of fused-ring (bicyclic) bond motifs is 1. The number of rotatable bonds is 3. The number of oxazole rings is 1. The zero-order valence-corrected chi connectivity index (χ0v) is 12.4. The summed E-state index contributed by atoms with van der Waals surface area (Å²) < 4.78 is 11.3. The highest BCUT2D eigenvalue weighted by molar-refractivity contribution is 5.88. The molecule has 4 rings (SSSR count). The largest absolute Gasteiger partial charge is 0.412 e. The second-order valence-corrected chi connectivity index (χ2v) is 5.78. The number of hydrogen-bond donors (Lipinski definition) is 4. The van der Waals surface area contributed by atoms with Gasteiger partial charge in [-0.05, 0) is 25.0 Å². The molecule has 4 N–H and O–H groups in total. The van der Waals surface area contributed by atoms with Crippen molar-refractivity contribution in [3.8, 4) is 0 Å². The second kappa shape index (κ2) is 5.94. The predicted octanol–water partition coefficient (Wildman–Crippen LogP) is -1.74. The molecular formula is C15H21N5O2+2. The summed E-state index contributed by atoms with van der Waals surface area (Å²) in [5.74, 6) is 0.836. The maximum absolute atomic E-state index is 5.69. The second-order valence-electron chi connectivity index (χ2n) is 5.78. The van der Waals surface area contributed by atoms with Crippen molar-refractivity contribution >= 4 is 23.1 Å². The van der Waals surface area contributed by atoms with Gasteiger partial charge in [-0.15, -0.1) is 0 Å². The molecule has 116 valence electrons. The summed E-state index contributed by atoms with van der Waals surface area (Å²) in [6.07, 6.45) is 2.78. The van der Waals surface area contributed by atoms with Gasteiger partial charge in [0, 0.05) is 6.61 Å². The van der Waals surface area contributed by atoms with Crippen LogP contribution >= 0.6 is 0 Å². The van der Waals surface area contributed by atoms with Crippen molar-refractivity contribution < 1.29 is 19.0 Å². The molecule has 0 amide bonds. The number of ether oxygens (including phenoxy) is 1. The molecule has 0 radical (unpaired) electrons. The van der Waals surface area contributed by atoms with Gasteiger partial charge in [-0.2, -0.15) is 10.3 Å². The molecule has 0 saturated carbocycles. The quantitative estimate of drug-likeness (QED) is 0.541. The fraction of sp³-hybridized carbons (Fsp3) is 0.467. The lowest BCUT2D eigenvalue weighted by Gasteiger charge is -2.22. The molecule has 2 aromatic rings. The van der Waals surface area contributed by atoms with Crippen LogP contribution in [0.25, 0.3) is 11.1 Å². The van der Waals surface area contributed by atoms with Gasteiger partial charge in [0.25, 0.3) is 0 Å². The van der Waals surface area contributed by atoms with Crippen LogP contribution in [0.4, 0.5) is 6.01 Å². The van der Waals surface area contributed by atoms with Crippen LogP contribution in [-0.2, 0) is 4.74 Å². The van der Waals surface area contributed by atoms with Crippen LogP contribution < -0.4 is 20.5 Å². The van der Waals surface area contributed by atoms with Crippen molar-refractivity contribution in [2.75, 3.05) is 31.8 Å². The van der Waals surface area contributed by atoms with Crippen molar-refractivity contribution in [3.05, 3.63) is 24.3 Å². The molecule has 1 unspecified atom stereocenters. The number of hydrogen-bond acceptors (Lipinski definition) is 5. The molecule has 2 aliphatic heterocycles. The molecule has 1 fully saturated rings. The lowest BCUT2D eigenvalue weighted by Crippen LogP contribution is -3.24. The van der Waals surface area contributed by atoms with Gasteiger partial charge >= 0.3 is 12.0 Å². The number of aromatic nitrogens is 1. The van der Waals surface area contributed by atoms with Gasteiger partial charge in [0.05, 0.1) is 0 Å². The van der Waals surface area contributed by atoms with Gasteiger partial charge in [0.2, 0.25) is 0 Å². The molecule has 1 saturated heterocycles. The van der Waals surface area contributed by atoms with Crippen molar-refractivity contribution in [1.29, 1.82) is 0 Å². The van der Waals surface area contributed by atoms with Crippen LogP contribution in [0.2, 0.25) is 0 Å². The Labute approximate surface area is 128 Å². The smallest absolute Gasteiger partial charge is 0.365 e. The van der Waals surface area contributed by atoms with Crippen LogP contribution in [0, 0.1) is 0 Å². The molecule has 7 heteroatoms. The Bertz CT molecular complexity index is 644. The number of nitrogens with zero attached hydrogens (tertiary/aromatic N) is 1. The monoisotopic (exact) mass is 303 g/mol. The molecule has 2 atom stereocenters. The van der Waals surface area contributed by atoms with Gasteiger partial charge in [0.1, 0.15) is 18.2 Å². The molecule has 1 aromatic heterocycles. The third kappa shape index (κ3) is 2.90. The van der Waals surface area contributed by atoms with Gasteiger partial charge in [-0.1, -0.05) is 12.1 Å². The van der Waals surface area contributed by atoms with E-state index < -0.39 is 0 Å². The predicted molar refractivity (Wildman–Crippen MR) is 81.3 cm³/mol. The van der Waals surface area contributed by atoms with Crippen molar-refractivity contribution in [3.63, 3.8) is 0 Å². The summed E-state index contributed by atoms with van der Waals surface area (Å²) in [5, 5.41) is 6.49. The fourth-order valence-corrected chi connectivity index (χ4v) is 2.94. The topological polar surface area (TPSA) is 77.7 Å². The normalized spacial score (nSPS) is 25.0. The summed E-state index contributed by atoms with van der Waals surface area (Å²) >= 11 is 0. The Kier molecular flexibility index (Phi) is 3.65. The molecule has 0 spiro atoms. The van der Waals surface area contributed by atoms with Gasteiger partial charge in [-0.3, -0.25) is 4.90 Å². The maximum Gasteiger partial charge on any atom is 0.365 e. The minimum absolute atomic E-state index is 0.408. The lowest BCUT2D eigenvalue weighted by atomic mass is 10.2. The first-order valence-corrected chi connectivity index (χ1v) is 7.79. The third-order valence-electron chi connectivity index (χ3n) is 4.10. The molecule has 2 aliphatic rings. The Balaban J connectivity index is 1.36. The molecule has 7 nitrogen and oxygen atoms in total. The minimum Gasteiger partial charge on any atom is -0.412 e. The summed E-state index contributed by atoms with van der Waals surface area (Å²) in [4.78, 5) is 9.18. The highest BCUT2D eigenvalue weighted by Gasteiger charge is 2.26. The van der Waals surface area contributed by atoms with E-state index in [1.54, 1.807) is 0 Å². The van der Waals surface area contributed by atoms with E-state index in [-0.39, 0.29) is 0 Å². The summed E-state index contributed by atoms with van der Waals surface area (Å²) in [5.41, 5.74) is 1.64. The minimum atomic E-state index is 0.408. The van der Waals surface area contributed by atoms with E-state index in [1.165, 1.54) is 17.7 Å². The number of para-hydroxylation sites is 2. The highest BCUT2D eigenvalue weighted by Crippen LogP contribution is 2.17. The van der Waals surface area contributed by atoms with Crippen LogP contribution in [-0.4, -0.2) is 43.5 Å². The Morgan fingerprint density at radius 3 is 3.14 bits per heavy atom. The van der Waals surface area contributed by atoms with E-state index in [4.69, 9.17) is 9.15 Å². The van der Waals surface area contributed by atoms with Crippen molar-refractivity contribution in [2.24, 2.45) is 0 Å². The molecule has 22 heavy (non-hydrogen) atoms. The van der Waals surface area contributed by atoms with Crippen LogP contribution in [0.15, 0.2) is 28.7 Å². The Morgan fingerprint density at radius 2 is 2.36 bits per heavy atom. The van der Waals surface area contributed by atoms with Gasteiger partial charge < -0.3 is 9.15 Å². The number of quaternary nitrogens is 1. The van der Waals surface area contributed by atoms with E-state index >= 15 is 0 Å². The SMILES string of the molecule is c1ccc2oc(NC3=[NH+]C[NH+](C[C@@H]4CCCO4)CN3)nc2c1. The molecular weight excluding hydrogens is 282 g/mol. The van der Waals surface area contributed by atoms with E-state index in [9.17, 15) is 0 Å². The van der Waals surface area contributed by atoms with Crippen LogP contribution in [0.1, 0.15) is 12.8 Å². The summed E-state index contributed by atoms with van der Waals surface area (Å²) in [7, 11) is 0. The average Bonchev–Trinajstić information content (AvgIpc) is 3.18. The Hall–Kier alpha value is -2.12. The zero-order chi connectivity index (χ0) is 14.8. The maximum atomic E-state index is 5.69. The average molecular weight is 303 g/mol. The first kappa shape index (κ1) is 13.5. The number of guanidine groups is 1. The van der Waals surface area contributed by atoms with E-state index in [2.05, 4.69) is 20.6 Å². The van der Waals surface area contributed by atoms with Crippen LogP contribution in [0.3, 0.4) is 0 Å². The fourth-order valence-electron chi connectivity index (χ4n) is 2.94. The Morgan fingerprint density at radius 1 is 1.41 bits per heavy atom. The molecule has 0 bridgehead atoms. The highest BCUT2D eigenvalue weighted by atomic mass is 16.5. The number of anilines is 1. The van der Waals surface area contributed by atoms with E-state index in [0.29, 0.717) is 12.1 Å². The first-order chi connectivity index (χ1) is 10.9. The van der Waals surface area contributed by atoms with Crippen molar-refractivity contribution in [1.82, 2.24) is 10.3 Å². The van der Waals surface area contributed by atoms with Crippen LogP contribution in [0.5, 0.6) is 0 Å². The molecule has 1 aromatic carbocycles. The molecule has 0 aliphatic carbocycles.